The van der Waals surface area contributed by atoms with Crippen LogP contribution in [0.4, 0.5) is 4.39 Å². The summed E-state index contributed by atoms with van der Waals surface area (Å²) in [5.41, 5.74) is 1.56. The Morgan fingerprint density at radius 2 is 1.93 bits per heavy atom. The number of hydrogen-bond acceptors (Lipinski definition) is 5. The maximum atomic E-state index is 13.9. The molecule has 30 heavy (non-hydrogen) atoms. The minimum absolute atomic E-state index is 0.0355. The Balaban J connectivity index is 1.43. The maximum Gasteiger partial charge on any atom is 0.142 e. The number of rotatable bonds is 6. The summed E-state index contributed by atoms with van der Waals surface area (Å²) in [6.07, 6.45) is 5.49. The normalized spacial score (nSPS) is 16.3. The lowest BCUT2D eigenvalue weighted by Gasteiger charge is -2.33. The number of fused-ring (bicyclic) bond motifs is 1. The van der Waals surface area contributed by atoms with Crippen LogP contribution in [0.2, 0.25) is 0 Å². The van der Waals surface area contributed by atoms with Gasteiger partial charge in [-0.25, -0.2) is 9.07 Å². The van der Waals surface area contributed by atoms with Crippen LogP contribution < -0.4 is 0 Å². The molecule has 1 saturated heterocycles. The Labute approximate surface area is 176 Å². The Hall–Kier alpha value is -2.67. The van der Waals surface area contributed by atoms with E-state index in [1.165, 1.54) is 0 Å². The molecular formula is C23H28FN5O. The third-order valence-electron chi connectivity index (χ3n) is 5.79. The van der Waals surface area contributed by atoms with Gasteiger partial charge in [-0.2, -0.15) is 0 Å². The highest BCUT2D eigenvalue weighted by Crippen LogP contribution is 2.25. The van der Waals surface area contributed by atoms with Gasteiger partial charge in [-0.1, -0.05) is 17.3 Å². The minimum atomic E-state index is -1.20. The van der Waals surface area contributed by atoms with Crippen molar-refractivity contribution in [3.8, 4) is 11.3 Å². The second-order valence-corrected chi connectivity index (χ2v) is 8.89. The predicted molar refractivity (Wildman–Crippen MR) is 115 cm³/mol. The summed E-state index contributed by atoms with van der Waals surface area (Å²) in [6, 6.07) is 8.14. The number of piperidine rings is 1. The van der Waals surface area contributed by atoms with Gasteiger partial charge in [0, 0.05) is 48.8 Å². The number of halogens is 1. The van der Waals surface area contributed by atoms with E-state index in [4.69, 9.17) is 0 Å². The van der Waals surface area contributed by atoms with Crippen molar-refractivity contribution in [1.29, 1.82) is 0 Å². The van der Waals surface area contributed by atoms with E-state index in [1.807, 2.05) is 31.4 Å². The zero-order valence-electron chi connectivity index (χ0n) is 17.8. The van der Waals surface area contributed by atoms with Gasteiger partial charge in [0.25, 0.3) is 0 Å². The third-order valence-corrected chi connectivity index (χ3v) is 5.79. The zero-order chi connectivity index (χ0) is 21.3. The first-order valence-corrected chi connectivity index (χ1v) is 10.5. The molecule has 158 valence electrons. The SMILES string of the molecule is Cn1nncc1-c1ccc2cnc(CC(=O)C3CCN(CC(C)(C)F)CC3)cc2c1. The summed E-state index contributed by atoms with van der Waals surface area (Å²) < 4.78 is 15.6. The minimum Gasteiger partial charge on any atom is -0.300 e. The molecule has 3 heterocycles. The lowest BCUT2D eigenvalue weighted by atomic mass is 9.89. The van der Waals surface area contributed by atoms with E-state index in [9.17, 15) is 9.18 Å². The smallest absolute Gasteiger partial charge is 0.142 e. The summed E-state index contributed by atoms with van der Waals surface area (Å²) in [5.74, 6) is 0.265. The molecule has 0 atom stereocenters. The number of likely N-dealkylation sites (tertiary alicyclic amines) is 1. The number of carbonyl (C=O) groups is 1. The fourth-order valence-corrected chi connectivity index (χ4v) is 4.26. The summed E-state index contributed by atoms with van der Waals surface area (Å²) in [4.78, 5) is 19.5. The molecule has 2 aromatic heterocycles. The number of pyridine rings is 1. The molecule has 1 aliphatic heterocycles. The second kappa shape index (κ2) is 8.22. The van der Waals surface area contributed by atoms with Crippen LogP contribution in [0, 0.1) is 5.92 Å². The number of hydrogen-bond donors (Lipinski definition) is 0. The Morgan fingerprint density at radius 3 is 2.60 bits per heavy atom. The van der Waals surface area contributed by atoms with Gasteiger partial charge >= 0.3 is 0 Å². The first kappa shape index (κ1) is 20.6. The number of ketones is 1. The molecule has 0 radical (unpaired) electrons. The Bertz CT molecular complexity index is 1050. The number of alkyl halides is 1. The highest BCUT2D eigenvalue weighted by atomic mass is 19.1. The van der Waals surface area contributed by atoms with Gasteiger partial charge in [0.05, 0.1) is 11.9 Å². The van der Waals surface area contributed by atoms with E-state index < -0.39 is 5.67 Å². The van der Waals surface area contributed by atoms with Crippen LogP contribution >= 0.6 is 0 Å². The summed E-state index contributed by atoms with van der Waals surface area (Å²) >= 11 is 0. The maximum absolute atomic E-state index is 13.9. The van der Waals surface area contributed by atoms with Crippen molar-refractivity contribution in [1.82, 2.24) is 24.9 Å². The standard InChI is InChI=1S/C23H28FN5O/c1-23(2,24)15-29-8-6-16(7-9-29)22(30)12-20-11-19-10-17(4-5-18(19)13-25-20)21-14-26-27-28(21)3/h4-5,10-11,13-14,16H,6-9,12,15H2,1-3H3. The Kier molecular flexibility index (Phi) is 5.64. The van der Waals surface area contributed by atoms with Crippen molar-refractivity contribution >= 4 is 16.6 Å². The molecule has 0 N–H and O–H groups in total. The first-order valence-electron chi connectivity index (χ1n) is 10.5. The number of aryl methyl sites for hydroxylation is 1. The summed E-state index contributed by atoms with van der Waals surface area (Å²) in [5, 5.41) is 10.0. The van der Waals surface area contributed by atoms with E-state index in [-0.39, 0.29) is 11.7 Å². The van der Waals surface area contributed by atoms with Crippen LogP contribution in [-0.2, 0) is 18.3 Å². The van der Waals surface area contributed by atoms with Crippen LogP contribution in [0.5, 0.6) is 0 Å². The molecule has 0 spiro atoms. The fraction of sp³-hybridized carbons (Fsp3) is 0.478. The molecule has 0 saturated carbocycles. The monoisotopic (exact) mass is 409 g/mol. The van der Waals surface area contributed by atoms with Crippen molar-refractivity contribution in [2.75, 3.05) is 19.6 Å². The van der Waals surface area contributed by atoms with Gasteiger partial charge < -0.3 is 4.90 Å². The van der Waals surface area contributed by atoms with E-state index in [0.29, 0.717) is 13.0 Å². The van der Waals surface area contributed by atoms with Gasteiger partial charge in [-0.05, 0) is 57.3 Å². The highest BCUT2D eigenvalue weighted by Gasteiger charge is 2.28. The molecular weight excluding hydrogens is 381 g/mol. The van der Waals surface area contributed by atoms with Crippen LogP contribution in [0.25, 0.3) is 22.0 Å². The number of Topliss-reactive ketones (excluding diaryl/α,β-unsaturated/α-hetero) is 1. The van der Waals surface area contributed by atoms with Gasteiger partial charge in [0.2, 0.25) is 0 Å². The van der Waals surface area contributed by atoms with Crippen molar-refractivity contribution in [3.63, 3.8) is 0 Å². The summed E-state index contributed by atoms with van der Waals surface area (Å²) in [7, 11) is 1.86. The number of benzene rings is 1. The molecule has 0 bridgehead atoms. The fourth-order valence-electron chi connectivity index (χ4n) is 4.26. The average Bonchev–Trinajstić information content (AvgIpc) is 3.12. The van der Waals surface area contributed by atoms with E-state index in [0.717, 1.165) is 53.7 Å². The lowest BCUT2D eigenvalue weighted by molar-refractivity contribution is -0.123. The largest absolute Gasteiger partial charge is 0.300 e. The van der Waals surface area contributed by atoms with Crippen molar-refractivity contribution in [2.45, 2.75) is 38.8 Å². The van der Waals surface area contributed by atoms with Crippen molar-refractivity contribution in [2.24, 2.45) is 13.0 Å². The van der Waals surface area contributed by atoms with E-state index >= 15 is 0 Å². The zero-order valence-corrected chi connectivity index (χ0v) is 17.8. The first-order chi connectivity index (χ1) is 14.3. The van der Waals surface area contributed by atoms with Gasteiger partial charge in [-0.15, -0.1) is 5.10 Å². The van der Waals surface area contributed by atoms with Crippen LogP contribution in [0.3, 0.4) is 0 Å². The van der Waals surface area contributed by atoms with Crippen LogP contribution in [0.1, 0.15) is 32.4 Å². The average molecular weight is 410 g/mol. The van der Waals surface area contributed by atoms with Crippen LogP contribution in [0.15, 0.2) is 36.7 Å². The van der Waals surface area contributed by atoms with Gasteiger partial charge in [0.1, 0.15) is 11.5 Å². The van der Waals surface area contributed by atoms with E-state index in [1.54, 1.807) is 24.7 Å². The third kappa shape index (κ3) is 4.73. The summed E-state index contributed by atoms with van der Waals surface area (Å²) in [6.45, 7) is 5.18. The number of aromatic nitrogens is 4. The molecule has 1 fully saturated rings. The topological polar surface area (TPSA) is 63.9 Å². The van der Waals surface area contributed by atoms with Gasteiger partial charge in [-0.3, -0.25) is 9.78 Å². The number of nitrogens with zero attached hydrogens (tertiary/aromatic N) is 5. The number of carbonyl (C=O) groups excluding carboxylic acids is 1. The van der Waals surface area contributed by atoms with Crippen molar-refractivity contribution in [3.05, 3.63) is 42.4 Å². The van der Waals surface area contributed by atoms with Crippen LogP contribution in [-0.4, -0.2) is 56.0 Å². The molecule has 1 aromatic carbocycles. The highest BCUT2D eigenvalue weighted by molar-refractivity contribution is 5.88. The molecule has 0 amide bonds. The molecule has 3 aromatic rings. The van der Waals surface area contributed by atoms with Gasteiger partial charge in [0.15, 0.2) is 0 Å². The quantitative estimate of drug-likeness (QED) is 0.622. The van der Waals surface area contributed by atoms with Crippen molar-refractivity contribution < 1.29 is 9.18 Å². The molecule has 0 aliphatic carbocycles. The van der Waals surface area contributed by atoms with E-state index in [2.05, 4.69) is 26.3 Å². The Morgan fingerprint density at radius 1 is 1.17 bits per heavy atom. The molecule has 0 unspecified atom stereocenters. The molecule has 1 aliphatic rings. The molecule has 7 heteroatoms. The lowest BCUT2D eigenvalue weighted by Crippen LogP contribution is -2.42. The molecule has 6 nitrogen and oxygen atoms in total. The second-order valence-electron chi connectivity index (χ2n) is 8.89. The molecule has 4 rings (SSSR count). The predicted octanol–water partition coefficient (Wildman–Crippen LogP) is 3.60.